The molecule has 0 aromatic heterocycles. The number of allylic oxidation sites excluding steroid dienone is 8. The van der Waals surface area contributed by atoms with Gasteiger partial charge in [-0.15, -0.1) is 0 Å². The second-order valence-corrected chi connectivity index (χ2v) is 21.7. The molecule has 0 aliphatic heterocycles. The molecule has 0 fully saturated rings. The number of hydrogen-bond donors (Lipinski definition) is 0. The first-order valence-corrected chi connectivity index (χ1v) is 29.8. The Kier molecular flexibility index (Phi) is 49.7. The van der Waals surface area contributed by atoms with Gasteiger partial charge in [-0.2, -0.15) is 0 Å². The van der Waals surface area contributed by atoms with Crippen molar-refractivity contribution in [1.82, 2.24) is 0 Å². The van der Waals surface area contributed by atoms with Crippen LogP contribution in [0.15, 0.2) is 48.6 Å². The van der Waals surface area contributed by atoms with Crippen molar-refractivity contribution in [1.29, 1.82) is 0 Å². The number of nitrogens with zero attached hydrogens (tertiary/aromatic N) is 1. The maximum atomic E-state index is 12.8. The van der Waals surface area contributed by atoms with E-state index in [0.29, 0.717) is 24.1 Å². The van der Waals surface area contributed by atoms with Crippen molar-refractivity contribution >= 4 is 13.8 Å². The summed E-state index contributed by atoms with van der Waals surface area (Å²) in [6.45, 7) is 5.40. The van der Waals surface area contributed by atoms with Crippen LogP contribution in [0.1, 0.15) is 258 Å². The van der Waals surface area contributed by atoms with Gasteiger partial charge in [-0.25, -0.2) is 0 Å². The highest BCUT2D eigenvalue weighted by molar-refractivity contribution is 7.45. The Hall–Kier alpha value is -1.54. The van der Waals surface area contributed by atoms with Gasteiger partial charge in [-0.1, -0.05) is 223 Å². The van der Waals surface area contributed by atoms with Crippen LogP contribution in [-0.2, 0) is 27.9 Å². The summed E-state index contributed by atoms with van der Waals surface area (Å²) < 4.78 is 34.8. The van der Waals surface area contributed by atoms with Crippen LogP contribution in [0.2, 0.25) is 0 Å². The Bertz CT molecular complexity index is 1210. The maximum absolute atomic E-state index is 12.8. The van der Waals surface area contributed by atoms with E-state index in [1.54, 1.807) is 0 Å². The molecule has 394 valence electrons. The van der Waals surface area contributed by atoms with E-state index in [4.69, 9.17) is 18.5 Å². The number of ether oxygens (including phenoxy) is 2. The number of phosphoric acid groups is 1. The molecule has 0 saturated carbocycles. The van der Waals surface area contributed by atoms with Crippen LogP contribution in [0, 0.1) is 0 Å². The third-order valence-electron chi connectivity index (χ3n) is 12.4. The predicted molar refractivity (Wildman–Crippen MR) is 286 cm³/mol. The Morgan fingerprint density at radius 2 is 0.821 bits per heavy atom. The van der Waals surface area contributed by atoms with E-state index in [-0.39, 0.29) is 25.8 Å². The van der Waals surface area contributed by atoms with Crippen molar-refractivity contribution in [3.8, 4) is 0 Å². The van der Waals surface area contributed by atoms with E-state index in [1.165, 1.54) is 180 Å². The van der Waals surface area contributed by atoms with Crippen LogP contribution >= 0.6 is 7.82 Å². The molecule has 0 bridgehead atoms. The van der Waals surface area contributed by atoms with Gasteiger partial charge in [0.2, 0.25) is 0 Å². The van der Waals surface area contributed by atoms with Crippen molar-refractivity contribution in [2.45, 2.75) is 264 Å². The summed E-state index contributed by atoms with van der Waals surface area (Å²) in [4.78, 5) is 25.2. The first-order valence-electron chi connectivity index (χ1n) is 28.4. The smallest absolute Gasteiger partial charge is 0.306 e. The van der Waals surface area contributed by atoms with E-state index in [2.05, 4.69) is 62.5 Å². The van der Waals surface area contributed by atoms with Crippen LogP contribution in [-0.4, -0.2) is 70.7 Å². The van der Waals surface area contributed by atoms with Crippen molar-refractivity contribution in [3.05, 3.63) is 48.6 Å². The molecular formula is C58H110NO7P. The Morgan fingerprint density at radius 1 is 0.463 bits per heavy atom. The van der Waals surface area contributed by atoms with Gasteiger partial charge in [-0.05, 0) is 77.0 Å². The number of rotatable bonds is 53. The predicted octanol–water partition coefficient (Wildman–Crippen LogP) is 17.2. The number of unbranched alkanes of at least 4 members (excludes halogenated alkanes) is 31. The van der Waals surface area contributed by atoms with Crippen LogP contribution in [0.25, 0.3) is 0 Å². The van der Waals surface area contributed by atoms with Crippen LogP contribution in [0.4, 0.5) is 0 Å². The lowest BCUT2D eigenvalue weighted by Gasteiger charge is -2.28. The van der Waals surface area contributed by atoms with Crippen molar-refractivity contribution in [2.24, 2.45) is 0 Å². The second kappa shape index (κ2) is 50.8. The summed E-state index contributed by atoms with van der Waals surface area (Å²) in [6, 6.07) is 0. The molecule has 0 rings (SSSR count). The maximum Gasteiger partial charge on any atom is 0.306 e. The first kappa shape index (κ1) is 65.5. The average Bonchev–Trinajstić information content (AvgIpc) is 3.29. The molecule has 0 radical (unpaired) electrons. The third kappa shape index (κ3) is 55.3. The van der Waals surface area contributed by atoms with E-state index in [1.807, 2.05) is 21.1 Å². The standard InChI is InChI=1S/C58H110NO7P/c1-6-8-10-12-14-16-18-20-22-24-26-27-28-29-30-31-32-34-36-38-40-42-44-46-48-50-53-63-55-57(56-65-67(61,62)64-54-52-59(3,4)5)66-58(60)51-49-47-45-43-41-39-37-35-33-25-23-21-19-17-15-13-11-9-7-2/h15,17,21,23-24,26,33,35,57H,6-14,16,18-20,22,25,27-32,34,36-56H2,1-5H3/b17-15-,23-21-,26-24-,35-33-. The Balaban J connectivity index is 4.07. The molecule has 2 unspecified atom stereocenters. The van der Waals surface area contributed by atoms with Gasteiger partial charge in [0, 0.05) is 13.0 Å². The average molecular weight is 964 g/mol. The number of quaternary nitrogens is 1. The van der Waals surface area contributed by atoms with E-state index < -0.39 is 13.9 Å². The van der Waals surface area contributed by atoms with Crippen molar-refractivity contribution in [2.75, 3.05) is 54.1 Å². The SMILES string of the molecule is CCCCC/C=C\C/C=C\C/C=C\CCCCCCCCC(=O)OC(COCCCCCCCCCCCCCCCC/C=C\CCCCCCCCCC)COP(=O)([O-])OCC[N+](C)(C)C. The van der Waals surface area contributed by atoms with Crippen LogP contribution in [0.5, 0.6) is 0 Å². The van der Waals surface area contributed by atoms with Gasteiger partial charge in [0.05, 0.1) is 34.4 Å². The van der Waals surface area contributed by atoms with Gasteiger partial charge < -0.3 is 27.9 Å². The van der Waals surface area contributed by atoms with Crippen molar-refractivity contribution < 1.29 is 37.3 Å². The topological polar surface area (TPSA) is 94.1 Å². The number of likely N-dealkylation sites (N-methyl/N-ethyl adjacent to an activating group) is 1. The summed E-state index contributed by atoms with van der Waals surface area (Å²) >= 11 is 0. The zero-order chi connectivity index (χ0) is 49.0. The highest BCUT2D eigenvalue weighted by Gasteiger charge is 2.20. The fourth-order valence-electron chi connectivity index (χ4n) is 7.96. The fraction of sp³-hybridized carbons (Fsp3) is 0.845. The van der Waals surface area contributed by atoms with Crippen LogP contribution in [0.3, 0.4) is 0 Å². The molecule has 0 aromatic rings. The minimum atomic E-state index is -4.54. The summed E-state index contributed by atoms with van der Waals surface area (Å²) in [5, 5.41) is 0. The minimum Gasteiger partial charge on any atom is -0.756 e. The fourth-order valence-corrected chi connectivity index (χ4v) is 8.69. The van der Waals surface area contributed by atoms with Crippen LogP contribution < -0.4 is 4.89 Å². The molecule has 9 heteroatoms. The normalized spacial score (nSPS) is 13.8. The molecule has 0 aliphatic carbocycles. The van der Waals surface area contributed by atoms with Gasteiger partial charge in [-0.3, -0.25) is 9.36 Å². The highest BCUT2D eigenvalue weighted by Crippen LogP contribution is 2.38. The largest absolute Gasteiger partial charge is 0.756 e. The molecular weight excluding hydrogens is 854 g/mol. The Morgan fingerprint density at radius 3 is 1.27 bits per heavy atom. The molecule has 8 nitrogen and oxygen atoms in total. The second-order valence-electron chi connectivity index (χ2n) is 20.3. The molecule has 67 heavy (non-hydrogen) atoms. The number of phosphoric ester groups is 1. The van der Waals surface area contributed by atoms with Gasteiger partial charge in [0.1, 0.15) is 19.3 Å². The zero-order valence-electron chi connectivity index (χ0n) is 44.9. The van der Waals surface area contributed by atoms with E-state index >= 15 is 0 Å². The lowest BCUT2D eigenvalue weighted by molar-refractivity contribution is -0.870. The summed E-state index contributed by atoms with van der Waals surface area (Å²) in [6.07, 6.45) is 64.4. The molecule has 0 N–H and O–H groups in total. The molecule has 0 saturated heterocycles. The monoisotopic (exact) mass is 964 g/mol. The number of carbonyl (C=O) groups is 1. The lowest BCUT2D eigenvalue weighted by atomic mass is 10.0. The van der Waals surface area contributed by atoms with Gasteiger partial charge in [0.25, 0.3) is 7.82 Å². The van der Waals surface area contributed by atoms with Gasteiger partial charge >= 0.3 is 5.97 Å². The molecule has 2 atom stereocenters. The van der Waals surface area contributed by atoms with E-state index in [9.17, 15) is 14.3 Å². The summed E-state index contributed by atoms with van der Waals surface area (Å²) in [5.74, 6) is -0.343. The zero-order valence-corrected chi connectivity index (χ0v) is 45.7. The number of esters is 1. The number of hydrogen-bond acceptors (Lipinski definition) is 7. The summed E-state index contributed by atoms with van der Waals surface area (Å²) in [5.41, 5.74) is 0. The minimum absolute atomic E-state index is 0.0230. The molecule has 0 amide bonds. The third-order valence-corrected chi connectivity index (χ3v) is 13.3. The van der Waals surface area contributed by atoms with E-state index in [0.717, 1.165) is 57.8 Å². The first-order chi connectivity index (χ1) is 32.6. The lowest BCUT2D eigenvalue weighted by Crippen LogP contribution is -2.37. The molecule has 0 aliphatic rings. The molecule has 0 heterocycles. The Labute approximate surface area is 416 Å². The summed E-state index contributed by atoms with van der Waals surface area (Å²) in [7, 11) is 1.35. The van der Waals surface area contributed by atoms with Crippen molar-refractivity contribution in [3.63, 3.8) is 0 Å². The molecule has 0 spiro atoms. The molecule has 0 aromatic carbocycles. The highest BCUT2D eigenvalue weighted by atomic mass is 31.2. The number of carbonyl (C=O) groups excluding carboxylic acids is 1. The quantitative estimate of drug-likeness (QED) is 0.0197. The van der Waals surface area contributed by atoms with Gasteiger partial charge in [0.15, 0.2) is 0 Å².